The van der Waals surface area contributed by atoms with Gasteiger partial charge in [-0.3, -0.25) is 9.59 Å². The minimum Gasteiger partial charge on any atom is -0.508 e. The number of hydrogen-bond acceptors (Lipinski definition) is 4. The average molecular weight is 297 g/mol. The Kier molecular flexibility index (Phi) is 4.87. The van der Waals surface area contributed by atoms with E-state index in [1.54, 1.807) is 24.3 Å². The zero-order chi connectivity index (χ0) is 15.9. The summed E-state index contributed by atoms with van der Waals surface area (Å²) in [5, 5.41) is 15.3. The highest BCUT2D eigenvalue weighted by atomic mass is 16.3. The van der Waals surface area contributed by atoms with Gasteiger partial charge < -0.3 is 10.4 Å². The van der Waals surface area contributed by atoms with Gasteiger partial charge in [0.05, 0.1) is 6.21 Å². The van der Waals surface area contributed by atoms with Crippen molar-refractivity contribution in [1.82, 2.24) is 5.43 Å². The van der Waals surface area contributed by atoms with Crippen LogP contribution in [0.3, 0.4) is 0 Å². The lowest BCUT2D eigenvalue weighted by atomic mass is 10.2. The highest BCUT2D eigenvalue weighted by Crippen LogP contribution is 2.12. The molecule has 22 heavy (non-hydrogen) atoms. The third-order valence-electron chi connectivity index (χ3n) is 2.87. The Morgan fingerprint density at radius 3 is 2.41 bits per heavy atom. The van der Waals surface area contributed by atoms with Crippen molar-refractivity contribution >= 4 is 23.7 Å². The maximum Gasteiger partial charge on any atom is 0.329 e. The van der Waals surface area contributed by atoms with Gasteiger partial charge in [-0.05, 0) is 48.4 Å². The standard InChI is InChI=1S/C16H15N3O3/c1-11-4-2-3-5-14(11)18-15(21)16(22)19-17-10-12-6-8-13(20)9-7-12/h2-10,20H,1H3,(H,18,21)(H,19,22)/b17-10+. The molecule has 0 unspecified atom stereocenters. The number of anilines is 1. The van der Waals surface area contributed by atoms with Crippen LogP contribution < -0.4 is 10.7 Å². The van der Waals surface area contributed by atoms with E-state index in [0.29, 0.717) is 11.3 Å². The molecule has 2 aromatic carbocycles. The third-order valence-corrected chi connectivity index (χ3v) is 2.87. The normalized spacial score (nSPS) is 10.4. The quantitative estimate of drug-likeness (QED) is 0.458. The summed E-state index contributed by atoms with van der Waals surface area (Å²) >= 11 is 0. The number of phenols is 1. The van der Waals surface area contributed by atoms with Crippen molar-refractivity contribution in [3.8, 4) is 5.75 Å². The maximum atomic E-state index is 11.7. The molecule has 0 spiro atoms. The van der Waals surface area contributed by atoms with Crippen molar-refractivity contribution in [2.75, 3.05) is 5.32 Å². The summed E-state index contributed by atoms with van der Waals surface area (Å²) in [6, 6.07) is 13.4. The van der Waals surface area contributed by atoms with Crippen molar-refractivity contribution in [2.45, 2.75) is 6.92 Å². The van der Waals surface area contributed by atoms with Crippen molar-refractivity contribution in [2.24, 2.45) is 5.10 Å². The lowest BCUT2D eigenvalue weighted by molar-refractivity contribution is -0.136. The number of aryl methyl sites for hydroxylation is 1. The predicted molar refractivity (Wildman–Crippen MR) is 83.7 cm³/mol. The zero-order valence-electron chi connectivity index (χ0n) is 11.9. The van der Waals surface area contributed by atoms with Crippen LogP contribution in [0, 0.1) is 6.92 Å². The van der Waals surface area contributed by atoms with E-state index >= 15 is 0 Å². The first-order chi connectivity index (χ1) is 10.6. The summed E-state index contributed by atoms with van der Waals surface area (Å²) in [6.07, 6.45) is 1.37. The number of nitrogens with one attached hydrogen (secondary N) is 2. The molecular weight excluding hydrogens is 282 g/mol. The van der Waals surface area contributed by atoms with Crippen molar-refractivity contribution in [3.63, 3.8) is 0 Å². The molecule has 0 saturated carbocycles. The molecule has 3 N–H and O–H groups in total. The summed E-state index contributed by atoms with van der Waals surface area (Å²) in [7, 11) is 0. The molecule has 0 bridgehead atoms. The molecule has 0 fully saturated rings. The fraction of sp³-hybridized carbons (Fsp3) is 0.0625. The maximum absolute atomic E-state index is 11.7. The van der Waals surface area contributed by atoms with E-state index in [0.717, 1.165) is 5.56 Å². The molecule has 0 aliphatic heterocycles. The largest absolute Gasteiger partial charge is 0.508 e. The van der Waals surface area contributed by atoms with Crippen LogP contribution in [0.15, 0.2) is 53.6 Å². The second kappa shape index (κ2) is 7.03. The monoisotopic (exact) mass is 297 g/mol. The molecule has 6 nitrogen and oxygen atoms in total. The van der Waals surface area contributed by atoms with Crippen LogP contribution in [0.4, 0.5) is 5.69 Å². The summed E-state index contributed by atoms with van der Waals surface area (Å²) < 4.78 is 0. The van der Waals surface area contributed by atoms with E-state index in [1.165, 1.54) is 18.3 Å². The third kappa shape index (κ3) is 4.17. The second-order valence-corrected chi connectivity index (χ2v) is 4.56. The Morgan fingerprint density at radius 2 is 1.73 bits per heavy atom. The number of benzene rings is 2. The summed E-state index contributed by atoms with van der Waals surface area (Å²) in [5.41, 5.74) is 4.25. The Morgan fingerprint density at radius 1 is 1.05 bits per heavy atom. The molecule has 0 radical (unpaired) electrons. The van der Waals surface area contributed by atoms with Crippen LogP contribution in [0.5, 0.6) is 5.75 Å². The molecule has 0 heterocycles. The van der Waals surface area contributed by atoms with E-state index in [-0.39, 0.29) is 5.75 Å². The topological polar surface area (TPSA) is 90.8 Å². The van der Waals surface area contributed by atoms with Gasteiger partial charge in [-0.15, -0.1) is 0 Å². The van der Waals surface area contributed by atoms with Crippen LogP contribution in [0.25, 0.3) is 0 Å². The number of carbonyl (C=O) groups is 2. The first-order valence-corrected chi connectivity index (χ1v) is 6.55. The minimum atomic E-state index is -0.863. The molecule has 0 aliphatic rings. The minimum absolute atomic E-state index is 0.138. The lowest BCUT2D eigenvalue weighted by Crippen LogP contribution is -2.32. The van der Waals surface area contributed by atoms with Crippen LogP contribution >= 0.6 is 0 Å². The fourth-order valence-electron chi connectivity index (χ4n) is 1.67. The number of carbonyl (C=O) groups excluding carboxylic acids is 2. The molecule has 2 rings (SSSR count). The Balaban J connectivity index is 1.90. The smallest absolute Gasteiger partial charge is 0.329 e. The highest BCUT2D eigenvalue weighted by Gasteiger charge is 2.13. The number of amides is 2. The molecule has 0 aliphatic carbocycles. The van der Waals surface area contributed by atoms with Gasteiger partial charge in [-0.25, -0.2) is 5.43 Å². The summed E-state index contributed by atoms with van der Waals surface area (Å²) in [4.78, 5) is 23.3. The number of rotatable bonds is 3. The van der Waals surface area contributed by atoms with Gasteiger partial charge in [0, 0.05) is 5.69 Å². The first kappa shape index (κ1) is 15.2. The van der Waals surface area contributed by atoms with E-state index in [2.05, 4.69) is 15.8 Å². The Bertz CT molecular complexity index is 709. The van der Waals surface area contributed by atoms with Gasteiger partial charge in [-0.1, -0.05) is 18.2 Å². The number of phenolic OH excluding ortho intramolecular Hbond substituents is 1. The van der Waals surface area contributed by atoms with Gasteiger partial charge in [0.25, 0.3) is 0 Å². The van der Waals surface area contributed by atoms with Crippen LogP contribution in [-0.4, -0.2) is 23.1 Å². The second-order valence-electron chi connectivity index (χ2n) is 4.56. The van der Waals surface area contributed by atoms with Gasteiger partial charge >= 0.3 is 11.8 Å². The molecule has 6 heteroatoms. The molecule has 2 aromatic rings. The first-order valence-electron chi connectivity index (χ1n) is 6.55. The van der Waals surface area contributed by atoms with E-state index < -0.39 is 11.8 Å². The van der Waals surface area contributed by atoms with Crippen LogP contribution in [0.1, 0.15) is 11.1 Å². The molecule has 0 saturated heterocycles. The Labute approximate surface area is 127 Å². The van der Waals surface area contributed by atoms with Gasteiger partial charge in [0.1, 0.15) is 5.75 Å². The average Bonchev–Trinajstić information content (AvgIpc) is 2.51. The SMILES string of the molecule is Cc1ccccc1NC(=O)C(=O)N/N=C/c1ccc(O)cc1. The fourth-order valence-corrected chi connectivity index (χ4v) is 1.67. The van der Waals surface area contributed by atoms with Crippen LogP contribution in [0.2, 0.25) is 0 Å². The van der Waals surface area contributed by atoms with Crippen molar-refractivity contribution < 1.29 is 14.7 Å². The molecule has 0 atom stereocenters. The number of hydrogen-bond donors (Lipinski definition) is 3. The number of hydrazone groups is 1. The van der Waals surface area contributed by atoms with Gasteiger partial charge in [0.2, 0.25) is 0 Å². The van der Waals surface area contributed by atoms with Gasteiger partial charge in [0.15, 0.2) is 0 Å². The predicted octanol–water partition coefficient (Wildman–Crippen LogP) is 1.79. The number of para-hydroxylation sites is 1. The zero-order valence-corrected chi connectivity index (χ0v) is 11.9. The number of nitrogens with zero attached hydrogens (tertiary/aromatic N) is 1. The molecule has 0 aromatic heterocycles. The highest BCUT2D eigenvalue weighted by molar-refractivity contribution is 6.39. The van der Waals surface area contributed by atoms with Crippen molar-refractivity contribution in [3.05, 3.63) is 59.7 Å². The molecule has 112 valence electrons. The Hall–Kier alpha value is -3.15. The summed E-state index contributed by atoms with van der Waals surface area (Å²) in [6.45, 7) is 1.83. The molecular formula is C16H15N3O3. The van der Waals surface area contributed by atoms with E-state index in [9.17, 15) is 9.59 Å². The van der Waals surface area contributed by atoms with Crippen LogP contribution in [-0.2, 0) is 9.59 Å². The lowest BCUT2D eigenvalue weighted by Gasteiger charge is -2.06. The van der Waals surface area contributed by atoms with E-state index in [4.69, 9.17) is 5.11 Å². The number of aromatic hydroxyl groups is 1. The summed E-state index contributed by atoms with van der Waals surface area (Å²) in [5.74, 6) is -1.52. The van der Waals surface area contributed by atoms with Crippen molar-refractivity contribution in [1.29, 1.82) is 0 Å². The van der Waals surface area contributed by atoms with Gasteiger partial charge in [-0.2, -0.15) is 5.10 Å². The van der Waals surface area contributed by atoms with E-state index in [1.807, 2.05) is 19.1 Å². The molecule has 2 amide bonds.